The number of fused-ring (bicyclic) bond motifs is 3. The Hall–Kier alpha value is -3.98. The second-order valence-corrected chi connectivity index (χ2v) is 8.70. The third-order valence-corrected chi connectivity index (χ3v) is 6.48. The van der Waals surface area contributed by atoms with Gasteiger partial charge < -0.3 is 15.1 Å². The van der Waals surface area contributed by atoms with E-state index in [0.29, 0.717) is 36.4 Å². The van der Waals surface area contributed by atoms with E-state index >= 15 is 0 Å². The van der Waals surface area contributed by atoms with Crippen molar-refractivity contribution < 1.29 is 4.79 Å². The highest BCUT2D eigenvalue weighted by molar-refractivity contribution is 6.31. The summed E-state index contributed by atoms with van der Waals surface area (Å²) in [6.07, 6.45) is 1.61. The number of guanidine groups is 1. The Bertz CT molecular complexity index is 1240. The van der Waals surface area contributed by atoms with Gasteiger partial charge in [0.05, 0.1) is 12.2 Å². The molecule has 172 valence electrons. The molecule has 4 heterocycles. The van der Waals surface area contributed by atoms with Crippen molar-refractivity contribution in [2.45, 2.75) is 0 Å². The lowest BCUT2D eigenvalue weighted by Crippen LogP contribution is -2.51. The molecule has 1 N–H and O–H groups in total. The van der Waals surface area contributed by atoms with Crippen molar-refractivity contribution in [1.29, 1.82) is 0 Å². The van der Waals surface area contributed by atoms with E-state index in [0.717, 1.165) is 37.6 Å². The molecule has 1 aromatic heterocycles. The summed E-state index contributed by atoms with van der Waals surface area (Å²) in [7, 11) is 2.16. The Morgan fingerprint density at radius 1 is 0.882 bits per heavy atom. The predicted octanol–water partition coefficient (Wildman–Crippen LogP) is 2.81. The molecule has 0 saturated carbocycles. The Morgan fingerprint density at radius 3 is 2.41 bits per heavy atom. The van der Waals surface area contributed by atoms with Gasteiger partial charge in [-0.1, -0.05) is 18.2 Å². The number of para-hydroxylation sites is 1. The summed E-state index contributed by atoms with van der Waals surface area (Å²) in [6.45, 7) is 5.51. The quantitative estimate of drug-likeness (QED) is 0.649. The number of rotatable bonds is 4. The van der Waals surface area contributed by atoms with Crippen LogP contribution in [-0.4, -0.2) is 73.1 Å². The van der Waals surface area contributed by atoms with Gasteiger partial charge in [-0.3, -0.25) is 14.7 Å². The van der Waals surface area contributed by atoms with Crippen LogP contribution >= 0.6 is 0 Å². The zero-order valence-corrected chi connectivity index (χ0v) is 19.1. The molecule has 0 unspecified atom stereocenters. The fourth-order valence-electron chi connectivity index (χ4n) is 4.59. The lowest BCUT2D eigenvalue weighted by atomic mass is 10.1. The van der Waals surface area contributed by atoms with E-state index in [9.17, 15) is 4.79 Å². The number of nitrogens with one attached hydrogen (secondary N) is 1. The third-order valence-electron chi connectivity index (χ3n) is 6.48. The highest BCUT2D eigenvalue weighted by Crippen LogP contribution is 2.33. The number of nitrogens with zero attached hydrogens (tertiary/aromatic N) is 7. The van der Waals surface area contributed by atoms with E-state index in [2.05, 4.69) is 44.3 Å². The molecule has 6 rings (SSSR count). The Labute approximate surface area is 198 Å². The first-order valence-corrected chi connectivity index (χ1v) is 11.6. The van der Waals surface area contributed by atoms with Gasteiger partial charge in [0.15, 0.2) is 5.82 Å². The monoisotopic (exact) mass is 454 g/mol. The van der Waals surface area contributed by atoms with Crippen LogP contribution in [0.4, 0.5) is 28.8 Å². The van der Waals surface area contributed by atoms with Crippen LogP contribution in [0.25, 0.3) is 0 Å². The zero-order valence-electron chi connectivity index (χ0n) is 19.1. The highest BCUT2D eigenvalue weighted by Gasteiger charge is 2.39. The normalized spacial score (nSPS) is 18.0. The molecular weight excluding hydrogens is 428 g/mol. The summed E-state index contributed by atoms with van der Waals surface area (Å²) in [4.78, 5) is 35.5. The first-order valence-electron chi connectivity index (χ1n) is 11.6. The lowest BCUT2D eigenvalue weighted by Gasteiger charge is -2.34. The zero-order chi connectivity index (χ0) is 23.1. The molecule has 34 heavy (non-hydrogen) atoms. The van der Waals surface area contributed by atoms with Gasteiger partial charge in [0.1, 0.15) is 5.56 Å². The van der Waals surface area contributed by atoms with Crippen LogP contribution < -0.4 is 20.0 Å². The first-order chi connectivity index (χ1) is 16.7. The van der Waals surface area contributed by atoms with Crippen LogP contribution in [0, 0.1) is 0 Å². The van der Waals surface area contributed by atoms with Gasteiger partial charge in [-0.15, -0.1) is 0 Å². The smallest absolute Gasteiger partial charge is 0.270 e. The maximum Gasteiger partial charge on any atom is 0.270 e. The molecule has 3 aliphatic heterocycles. The molecule has 2 aromatic carbocycles. The SMILES string of the molecule is CN1CCN(c2ccc(Nc3ncc4c(n3)N3CCN=C3N(c3ccccc3)C4=O)cc2)CC1. The lowest BCUT2D eigenvalue weighted by molar-refractivity contribution is 0.1000. The molecule has 1 fully saturated rings. The first kappa shape index (κ1) is 20.6. The van der Waals surface area contributed by atoms with Gasteiger partial charge in [0.25, 0.3) is 5.91 Å². The van der Waals surface area contributed by atoms with Gasteiger partial charge >= 0.3 is 0 Å². The van der Waals surface area contributed by atoms with Crippen molar-refractivity contribution in [2.24, 2.45) is 4.99 Å². The molecule has 3 aromatic rings. The van der Waals surface area contributed by atoms with Crippen molar-refractivity contribution >= 4 is 40.7 Å². The molecule has 0 atom stereocenters. The molecule has 1 amide bonds. The summed E-state index contributed by atoms with van der Waals surface area (Å²) in [5.41, 5.74) is 3.38. The summed E-state index contributed by atoms with van der Waals surface area (Å²) in [5, 5.41) is 3.29. The average molecular weight is 455 g/mol. The number of hydrogen-bond donors (Lipinski definition) is 1. The van der Waals surface area contributed by atoms with Crippen LogP contribution in [0.3, 0.4) is 0 Å². The number of piperazine rings is 1. The molecule has 9 heteroatoms. The Balaban J connectivity index is 1.24. The van der Waals surface area contributed by atoms with Crippen LogP contribution in [0.1, 0.15) is 10.4 Å². The van der Waals surface area contributed by atoms with E-state index in [1.807, 2.05) is 47.4 Å². The van der Waals surface area contributed by atoms with Crippen molar-refractivity contribution in [2.75, 3.05) is 66.3 Å². The predicted molar refractivity (Wildman–Crippen MR) is 134 cm³/mol. The van der Waals surface area contributed by atoms with Crippen molar-refractivity contribution in [3.05, 3.63) is 66.4 Å². The minimum atomic E-state index is -0.166. The Morgan fingerprint density at radius 2 is 1.65 bits per heavy atom. The molecule has 9 nitrogen and oxygen atoms in total. The van der Waals surface area contributed by atoms with Gasteiger partial charge in [0, 0.05) is 50.3 Å². The van der Waals surface area contributed by atoms with E-state index in [1.54, 1.807) is 11.1 Å². The third kappa shape index (κ3) is 3.63. The van der Waals surface area contributed by atoms with Crippen molar-refractivity contribution in [1.82, 2.24) is 14.9 Å². The van der Waals surface area contributed by atoms with Gasteiger partial charge in [-0.25, -0.2) is 9.88 Å². The number of hydrogen-bond acceptors (Lipinski definition) is 8. The number of carbonyl (C=O) groups excluding carboxylic acids is 1. The van der Waals surface area contributed by atoms with Crippen LogP contribution in [0.5, 0.6) is 0 Å². The summed E-state index contributed by atoms with van der Waals surface area (Å²) in [5.74, 6) is 1.50. The molecule has 3 aliphatic rings. The molecule has 0 radical (unpaired) electrons. The van der Waals surface area contributed by atoms with Crippen molar-refractivity contribution in [3.8, 4) is 0 Å². The largest absolute Gasteiger partial charge is 0.369 e. The highest BCUT2D eigenvalue weighted by atomic mass is 16.2. The molecule has 1 saturated heterocycles. The number of aliphatic imine (C=N–C) groups is 1. The molecule has 0 spiro atoms. The van der Waals surface area contributed by atoms with Crippen LogP contribution in [-0.2, 0) is 0 Å². The number of amides is 1. The van der Waals surface area contributed by atoms with E-state index in [4.69, 9.17) is 4.98 Å². The number of carbonyl (C=O) groups is 1. The second-order valence-electron chi connectivity index (χ2n) is 8.70. The maximum absolute atomic E-state index is 13.3. The second kappa shape index (κ2) is 8.42. The number of benzene rings is 2. The number of aromatic nitrogens is 2. The number of anilines is 5. The van der Waals surface area contributed by atoms with Crippen molar-refractivity contribution in [3.63, 3.8) is 0 Å². The number of likely N-dealkylation sites (N-methyl/N-ethyl adjacent to an activating group) is 1. The summed E-state index contributed by atoms with van der Waals surface area (Å²) < 4.78 is 0. The van der Waals surface area contributed by atoms with Crippen LogP contribution in [0.2, 0.25) is 0 Å². The molecular formula is C25H26N8O. The fourth-order valence-corrected chi connectivity index (χ4v) is 4.59. The topological polar surface area (TPSA) is 80.2 Å². The van der Waals surface area contributed by atoms with Gasteiger partial charge in [-0.2, -0.15) is 4.98 Å². The molecule has 0 bridgehead atoms. The standard InChI is InChI=1S/C25H26N8O/c1-30-13-15-31(16-14-30)19-9-7-18(8-10-19)28-24-27-17-21-22(29-24)32-12-11-26-25(32)33(23(21)34)20-5-3-2-4-6-20/h2-10,17H,11-16H2,1H3,(H,27,28,29). The summed E-state index contributed by atoms with van der Waals surface area (Å²) >= 11 is 0. The minimum absolute atomic E-state index is 0.166. The summed E-state index contributed by atoms with van der Waals surface area (Å²) in [6, 6.07) is 17.9. The minimum Gasteiger partial charge on any atom is -0.369 e. The van der Waals surface area contributed by atoms with E-state index < -0.39 is 0 Å². The average Bonchev–Trinajstić information content (AvgIpc) is 3.36. The maximum atomic E-state index is 13.3. The molecule has 0 aliphatic carbocycles. The fraction of sp³-hybridized carbons (Fsp3) is 0.280. The van der Waals surface area contributed by atoms with Crippen LogP contribution in [0.15, 0.2) is 65.8 Å². The van der Waals surface area contributed by atoms with Gasteiger partial charge in [-0.05, 0) is 43.4 Å². The van der Waals surface area contributed by atoms with Gasteiger partial charge in [0.2, 0.25) is 11.9 Å². The Kier molecular flexibility index (Phi) is 5.10. The van der Waals surface area contributed by atoms with E-state index in [-0.39, 0.29) is 5.91 Å². The van der Waals surface area contributed by atoms with E-state index in [1.165, 1.54) is 5.69 Å².